The van der Waals surface area contributed by atoms with Crippen molar-refractivity contribution in [3.63, 3.8) is 0 Å². The third-order valence-corrected chi connectivity index (χ3v) is 5.52. The van der Waals surface area contributed by atoms with E-state index in [2.05, 4.69) is 21.2 Å². The first-order valence-electron chi connectivity index (χ1n) is 8.88. The molecule has 0 bridgehead atoms. The van der Waals surface area contributed by atoms with Crippen LogP contribution in [0.4, 0.5) is 0 Å². The third kappa shape index (κ3) is 5.72. The zero-order valence-electron chi connectivity index (χ0n) is 16.4. The number of likely N-dealkylation sites (N-methyl/N-ethyl adjacent to an activating group) is 1. The Morgan fingerprint density at radius 3 is 2.43 bits per heavy atom. The molecule has 7 heteroatoms. The molecule has 150 valence electrons. The summed E-state index contributed by atoms with van der Waals surface area (Å²) in [6, 6.07) is 10.6. The van der Waals surface area contributed by atoms with Crippen LogP contribution in [0.2, 0.25) is 5.02 Å². The first kappa shape index (κ1) is 22.2. The molecule has 0 heterocycles. The van der Waals surface area contributed by atoms with E-state index in [1.54, 1.807) is 26.1 Å². The Balaban J connectivity index is 2.17. The topological polar surface area (TPSA) is 58.6 Å². The van der Waals surface area contributed by atoms with Gasteiger partial charge in [-0.05, 0) is 61.7 Å². The van der Waals surface area contributed by atoms with Crippen LogP contribution in [-0.4, -0.2) is 36.4 Å². The Kier molecular flexibility index (Phi) is 7.89. The number of nitrogens with zero attached hydrogens (tertiary/aromatic N) is 1. The number of amides is 2. The normalized spacial score (nSPS) is 11.6. The Bertz CT molecular complexity index is 849. The van der Waals surface area contributed by atoms with Crippen LogP contribution in [0, 0.1) is 13.8 Å². The molecule has 2 rings (SSSR count). The van der Waals surface area contributed by atoms with Crippen molar-refractivity contribution in [2.75, 3.05) is 13.7 Å². The summed E-state index contributed by atoms with van der Waals surface area (Å²) >= 11 is 9.61. The van der Waals surface area contributed by atoms with Crippen LogP contribution in [0.3, 0.4) is 0 Å². The zero-order chi connectivity index (χ0) is 20.8. The average Bonchev–Trinajstić information content (AvgIpc) is 2.67. The maximum atomic E-state index is 12.9. The number of nitrogens with one attached hydrogen (secondary N) is 1. The highest BCUT2D eigenvalue weighted by Gasteiger charge is 2.26. The molecule has 0 radical (unpaired) electrons. The van der Waals surface area contributed by atoms with Gasteiger partial charge in [-0.3, -0.25) is 9.59 Å². The Morgan fingerprint density at radius 1 is 1.21 bits per heavy atom. The van der Waals surface area contributed by atoms with Gasteiger partial charge in [0, 0.05) is 23.1 Å². The molecule has 0 aliphatic carbocycles. The maximum Gasteiger partial charge on any atom is 0.261 e. The van der Waals surface area contributed by atoms with Crippen molar-refractivity contribution in [2.45, 2.75) is 33.4 Å². The van der Waals surface area contributed by atoms with Gasteiger partial charge in [-0.15, -0.1) is 0 Å². The van der Waals surface area contributed by atoms with Crippen molar-refractivity contribution in [1.82, 2.24) is 10.2 Å². The first-order chi connectivity index (χ1) is 13.2. The van der Waals surface area contributed by atoms with E-state index in [1.807, 2.05) is 38.1 Å². The van der Waals surface area contributed by atoms with Crippen LogP contribution >= 0.6 is 27.5 Å². The molecule has 1 N–H and O–H groups in total. The third-order valence-electron chi connectivity index (χ3n) is 4.43. The number of carbonyl (C=O) groups is 2. The Morgan fingerprint density at radius 2 is 1.86 bits per heavy atom. The van der Waals surface area contributed by atoms with Crippen LogP contribution < -0.4 is 10.1 Å². The van der Waals surface area contributed by atoms with Crippen LogP contribution in [0.25, 0.3) is 0 Å². The molecule has 0 spiro atoms. The minimum atomic E-state index is -0.631. The average molecular weight is 468 g/mol. The van der Waals surface area contributed by atoms with Crippen molar-refractivity contribution in [2.24, 2.45) is 0 Å². The molecule has 2 amide bonds. The number of hydrogen-bond donors (Lipinski definition) is 1. The molecule has 0 aliphatic heterocycles. The molecule has 2 aromatic carbocycles. The van der Waals surface area contributed by atoms with E-state index in [1.165, 1.54) is 4.90 Å². The number of carbonyl (C=O) groups excluding carboxylic acids is 2. The fourth-order valence-corrected chi connectivity index (χ4v) is 3.40. The van der Waals surface area contributed by atoms with Gasteiger partial charge in [-0.1, -0.05) is 39.7 Å². The Hall–Kier alpha value is -2.05. The monoisotopic (exact) mass is 466 g/mol. The smallest absolute Gasteiger partial charge is 0.261 e. The predicted molar refractivity (Wildman–Crippen MR) is 115 cm³/mol. The molecule has 0 saturated carbocycles. The number of ether oxygens (including phenoxy) is 1. The highest BCUT2D eigenvalue weighted by atomic mass is 79.9. The lowest BCUT2D eigenvalue weighted by Crippen LogP contribution is -2.48. The van der Waals surface area contributed by atoms with E-state index in [4.69, 9.17) is 16.3 Å². The first-order valence-corrected chi connectivity index (χ1v) is 10.0. The van der Waals surface area contributed by atoms with Gasteiger partial charge >= 0.3 is 0 Å². The van der Waals surface area contributed by atoms with Crippen molar-refractivity contribution in [3.8, 4) is 5.75 Å². The molecule has 2 aromatic rings. The van der Waals surface area contributed by atoms with Gasteiger partial charge < -0.3 is 15.0 Å². The summed E-state index contributed by atoms with van der Waals surface area (Å²) in [5, 5.41) is 3.28. The summed E-state index contributed by atoms with van der Waals surface area (Å²) in [5.41, 5.74) is 2.68. The molecule has 0 aromatic heterocycles. The second kappa shape index (κ2) is 9.94. The van der Waals surface area contributed by atoms with Crippen molar-refractivity contribution >= 4 is 39.3 Å². The predicted octanol–water partition coefficient (Wildman–Crippen LogP) is 4.26. The van der Waals surface area contributed by atoms with Crippen LogP contribution in [0.1, 0.15) is 23.6 Å². The number of aryl methyl sites for hydroxylation is 2. The minimum Gasteiger partial charge on any atom is -0.484 e. The summed E-state index contributed by atoms with van der Waals surface area (Å²) < 4.78 is 6.61. The second-order valence-electron chi connectivity index (χ2n) is 6.60. The molecular weight excluding hydrogens is 444 g/mol. The second-order valence-corrected chi connectivity index (χ2v) is 7.90. The fraction of sp³-hybridized carbons (Fsp3) is 0.333. The minimum absolute atomic E-state index is 0.171. The quantitative estimate of drug-likeness (QED) is 0.662. The zero-order valence-corrected chi connectivity index (χ0v) is 18.7. The van der Waals surface area contributed by atoms with Crippen LogP contribution in [0.5, 0.6) is 5.75 Å². The lowest BCUT2D eigenvalue weighted by Gasteiger charge is -2.28. The number of halogens is 2. The molecule has 1 atom stereocenters. The molecule has 5 nitrogen and oxygen atoms in total. The van der Waals surface area contributed by atoms with Gasteiger partial charge in [0.05, 0.1) is 0 Å². The lowest BCUT2D eigenvalue weighted by atomic mass is 10.1. The fourth-order valence-electron chi connectivity index (χ4n) is 2.84. The molecule has 28 heavy (non-hydrogen) atoms. The van der Waals surface area contributed by atoms with Gasteiger partial charge in [-0.25, -0.2) is 0 Å². The summed E-state index contributed by atoms with van der Waals surface area (Å²) in [4.78, 5) is 26.5. The largest absolute Gasteiger partial charge is 0.484 e. The van der Waals surface area contributed by atoms with E-state index < -0.39 is 6.04 Å². The van der Waals surface area contributed by atoms with Crippen molar-refractivity contribution in [1.29, 1.82) is 0 Å². The summed E-state index contributed by atoms with van der Waals surface area (Å²) in [5.74, 6) is 0.0608. The molecule has 0 fully saturated rings. The van der Waals surface area contributed by atoms with E-state index in [-0.39, 0.29) is 18.4 Å². The SMILES string of the molecule is CNC(=O)[C@H](C)N(Cc1cccc(Br)c1)C(=O)COc1cc(C)c(Cl)c(C)c1. The van der Waals surface area contributed by atoms with Crippen LogP contribution in [-0.2, 0) is 16.1 Å². The highest BCUT2D eigenvalue weighted by molar-refractivity contribution is 9.10. The van der Waals surface area contributed by atoms with E-state index >= 15 is 0 Å². The van der Waals surface area contributed by atoms with E-state index in [0.717, 1.165) is 21.2 Å². The summed E-state index contributed by atoms with van der Waals surface area (Å²) in [7, 11) is 1.55. The van der Waals surface area contributed by atoms with Crippen molar-refractivity contribution < 1.29 is 14.3 Å². The highest BCUT2D eigenvalue weighted by Crippen LogP contribution is 2.26. The number of hydrogen-bond acceptors (Lipinski definition) is 3. The van der Waals surface area contributed by atoms with Gasteiger partial charge in [0.2, 0.25) is 5.91 Å². The van der Waals surface area contributed by atoms with Gasteiger partial charge in [-0.2, -0.15) is 0 Å². The van der Waals surface area contributed by atoms with Gasteiger partial charge in [0.1, 0.15) is 11.8 Å². The Labute approximate surface area is 179 Å². The molecule has 0 unspecified atom stereocenters. The van der Waals surface area contributed by atoms with Crippen molar-refractivity contribution in [3.05, 3.63) is 62.6 Å². The lowest BCUT2D eigenvalue weighted by molar-refractivity contribution is -0.142. The molecule has 0 saturated heterocycles. The standard InChI is InChI=1S/C21H24BrClN2O3/c1-13-8-18(9-14(2)20(13)23)28-12-19(26)25(15(3)21(27)24-4)11-16-6-5-7-17(22)10-16/h5-10,15H,11-12H2,1-4H3,(H,24,27)/t15-/m0/s1. The van der Waals surface area contributed by atoms with E-state index in [9.17, 15) is 9.59 Å². The maximum absolute atomic E-state index is 12.9. The number of rotatable bonds is 7. The molecule has 0 aliphatic rings. The van der Waals surface area contributed by atoms with Gasteiger partial charge in [0.25, 0.3) is 5.91 Å². The van der Waals surface area contributed by atoms with E-state index in [0.29, 0.717) is 17.3 Å². The number of benzene rings is 2. The summed E-state index contributed by atoms with van der Waals surface area (Å²) in [6.45, 7) is 5.60. The molecular formula is C21H24BrClN2O3. The van der Waals surface area contributed by atoms with Crippen LogP contribution in [0.15, 0.2) is 40.9 Å². The summed E-state index contributed by atoms with van der Waals surface area (Å²) in [6.07, 6.45) is 0. The van der Waals surface area contributed by atoms with Gasteiger partial charge in [0.15, 0.2) is 6.61 Å².